The van der Waals surface area contributed by atoms with Crippen LogP contribution in [0.3, 0.4) is 0 Å². The molecule has 1 N–H and O–H groups in total. The van der Waals surface area contributed by atoms with Gasteiger partial charge in [0.25, 0.3) is 0 Å². The molecule has 1 fully saturated rings. The van der Waals surface area contributed by atoms with Crippen LogP contribution in [0.4, 0.5) is 0 Å². The number of hydrogen-bond donors (Lipinski definition) is 1. The molecule has 1 aliphatic heterocycles. The lowest BCUT2D eigenvalue weighted by Gasteiger charge is -2.41. The summed E-state index contributed by atoms with van der Waals surface area (Å²) in [5.74, 6) is 0.185. The minimum atomic E-state index is -3.10. The summed E-state index contributed by atoms with van der Waals surface area (Å²) in [5, 5.41) is 9.64. The third kappa shape index (κ3) is 4.84. The number of piperidine rings is 1. The summed E-state index contributed by atoms with van der Waals surface area (Å²) in [7, 11) is 0.0307. The van der Waals surface area contributed by atoms with Gasteiger partial charge >= 0.3 is 0 Å². The molecule has 118 valence electrons. The highest BCUT2D eigenvalue weighted by Crippen LogP contribution is 2.33. The number of allylic oxidation sites excluding steroid dienone is 1. The van der Waals surface area contributed by atoms with E-state index in [-0.39, 0.29) is 17.8 Å². The zero-order chi connectivity index (χ0) is 15.2. The molecule has 0 amide bonds. The van der Waals surface area contributed by atoms with E-state index in [1.54, 1.807) is 14.1 Å². The number of aliphatic hydroxyl groups excluding tert-OH is 1. The third-order valence-electron chi connectivity index (χ3n) is 4.09. The number of sulfonamides is 1. The van der Waals surface area contributed by atoms with Crippen molar-refractivity contribution in [1.82, 2.24) is 9.21 Å². The predicted molar refractivity (Wildman–Crippen MR) is 82.1 cm³/mol. The fraction of sp³-hybridized carbons (Fsp3) is 0.857. The molecule has 0 saturated carbocycles. The van der Waals surface area contributed by atoms with Gasteiger partial charge in [-0.3, -0.25) is 0 Å². The van der Waals surface area contributed by atoms with Crippen LogP contribution in [-0.2, 0) is 10.0 Å². The summed E-state index contributed by atoms with van der Waals surface area (Å²) in [6.45, 7) is 6.53. The van der Waals surface area contributed by atoms with E-state index in [1.165, 1.54) is 4.31 Å². The first-order valence-electron chi connectivity index (χ1n) is 7.19. The van der Waals surface area contributed by atoms with Crippen LogP contribution in [0.5, 0.6) is 0 Å². The lowest BCUT2D eigenvalue weighted by Crippen LogP contribution is -2.45. The van der Waals surface area contributed by atoms with E-state index in [0.29, 0.717) is 6.42 Å². The van der Waals surface area contributed by atoms with Gasteiger partial charge in [-0.2, -0.15) is 0 Å². The second-order valence-corrected chi connectivity index (χ2v) is 8.28. The molecule has 1 rings (SSSR count). The fourth-order valence-electron chi connectivity index (χ4n) is 2.82. The molecule has 0 bridgehead atoms. The topological polar surface area (TPSA) is 60.9 Å². The van der Waals surface area contributed by atoms with Crippen molar-refractivity contribution in [3.05, 3.63) is 12.7 Å². The van der Waals surface area contributed by atoms with Gasteiger partial charge in [0, 0.05) is 26.1 Å². The van der Waals surface area contributed by atoms with Gasteiger partial charge in [0.05, 0.1) is 12.4 Å². The predicted octanol–water partition coefficient (Wildman–Crippen LogP) is 0.918. The van der Waals surface area contributed by atoms with Crippen molar-refractivity contribution in [2.75, 3.05) is 46.1 Å². The molecule has 20 heavy (non-hydrogen) atoms. The largest absolute Gasteiger partial charge is 0.396 e. The summed E-state index contributed by atoms with van der Waals surface area (Å²) >= 11 is 0. The van der Waals surface area contributed by atoms with Crippen LogP contribution in [0.15, 0.2) is 12.7 Å². The highest BCUT2D eigenvalue weighted by molar-refractivity contribution is 7.89. The molecule has 0 aliphatic carbocycles. The van der Waals surface area contributed by atoms with E-state index in [4.69, 9.17) is 0 Å². The molecule has 0 aromatic heterocycles. The van der Waals surface area contributed by atoms with Crippen molar-refractivity contribution in [3.63, 3.8) is 0 Å². The molecule has 0 unspecified atom stereocenters. The first kappa shape index (κ1) is 17.6. The SMILES string of the molecule is C=CC[C@]1(CO)CCCN(CCCS(=O)(=O)N(C)C)C1. The van der Waals surface area contributed by atoms with Gasteiger partial charge in [0.1, 0.15) is 0 Å². The quantitative estimate of drug-likeness (QED) is 0.677. The lowest BCUT2D eigenvalue weighted by molar-refractivity contribution is 0.0346. The number of nitrogens with zero attached hydrogens (tertiary/aromatic N) is 2. The van der Waals surface area contributed by atoms with Crippen LogP contribution in [0.2, 0.25) is 0 Å². The Kier molecular flexibility index (Phi) is 6.64. The first-order chi connectivity index (χ1) is 9.35. The Balaban J connectivity index is 2.47. The van der Waals surface area contributed by atoms with Crippen molar-refractivity contribution < 1.29 is 13.5 Å². The Morgan fingerprint density at radius 1 is 1.45 bits per heavy atom. The van der Waals surface area contributed by atoms with Crippen LogP contribution in [-0.4, -0.2) is 68.8 Å². The Morgan fingerprint density at radius 3 is 2.70 bits per heavy atom. The van der Waals surface area contributed by atoms with Crippen LogP contribution in [0.1, 0.15) is 25.7 Å². The summed E-state index contributed by atoms with van der Waals surface area (Å²) in [6.07, 6.45) is 5.39. The second kappa shape index (κ2) is 7.54. The van der Waals surface area contributed by atoms with Crippen LogP contribution in [0.25, 0.3) is 0 Å². The average Bonchev–Trinajstić information content (AvgIpc) is 2.39. The van der Waals surface area contributed by atoms with Gasteiger partial charge < -0.3 is 10.0 Å². The smallest absolute Gasteiger partial charge is 0.213 e. The van der Waals surface area contributed by atoms with E-state index in [1.807, 2.05) is 6.08 Å². The van der Waals surface area contributed by atoms with Crippen molar-refractivity contribution in [2.45, 2.75) is 25.7 Å². The molecule has 0 spiro atoms. The average molecular weight is 304 g/mol. The number of aliphatic hydroxyl groups is 1. The summed E-state index contributed by atoms with van der Waals surface area (Å²) in [6, 6.07) is 0. The maximum atomic E-state index is 11.7. The highest BCUT2D eigenvalue weighted by atomic mass is 32.2. The third-order valence-corrected chi connectivity index (χ3v) is 6.00. The normalized spacial score (nSPS) is 25.0. The Morgan fingerprint density at radius 2 is 2.15 bits per heavy atom. The summed E-state index contributed by atoms with van der Waals surface area (Å²) in [4.78, 5) is 2.27. The maximum absolute atomic E-state index is 11.7. The monoisotopic (exact) mass is 304 g/mol. The van der Waals surface area contributed by atoms with Gasteiger partial charge in [0.2, 0.25) is 10.0 Å². The number of likely N-dealkylation sites (tertiary alicyclic amines) is 1. The molecule has 0 radical (unpaired) electrons. The number of rotatable bonds is 8. The molecule has 1 heterocycles. The van der Waals surface area contributed by atoms with Crippen molar-refractivity contribution in [1.29, 1.82) is 0 Å². The van der Waals surface area contributed by atoms with Gasteiger partial charge in [-0.05, 0) is 38.8 Å². The van der Waals surface area contributed by atoms with E-state index >= 15 is 0 Å². The first-order valence-corrected chi connectivity index (χ1v) is 8.80. The highest BCUT2D eigenvalue weighted by Gasteiger charge is 2.33. The van der Waals surface area contributed by atoms with Crippen LogP contribution >= 0.6 is 0 Å². The van der Waals surface area contributed by atoms with E-state index in [2.05, 4.69) is 11.5 Å². The minimum Gasteiger partial charge on any atom is -0.396 e. The number of hydrogen-bond acceptors (Lipinski definition) is 4. The maximum Gasteiger partial charge on any atom is 0.213 e. The van der Waals surface area contributed by atoms with Crippen molar-refractivity contribution in [2.24, 2.45) is 5.41 Å². The van der Waals surface area contributed by atoms with Crippen LogP contribution < -0.4 is 0 Å². The molecule has 1 saturated heterocycles. The molecule has 0 aromatic rings. The van der Waals surface area contributed by atoms with Crippen LogP contribution in [0, 0.1) is 5.41 Å². The fourth-order valence-corrected chi connectivity index (χ4v) is 3.68. The molecule has 0 aromatic carbocycles. The molecule has 1 aliphatic rings. The Labute approximate surface area is 123 Å². The Bertz CT molecular complexity index is 409. The molecule has 6 heteroatoms. The summed E-state index contributed by atoms with van der Waals surface area (Å²) in [5.41, 5.74) is -0.0829. The van der Waals surface area contributed by atoms with Crippen molar-refractivity contribution >= 4 is 10.0 Å². The molecule has 1 atom stereocenters. The second-order valence-electron chi connectivity index (χ2n) is 5.98. The van der Waals surface area contributed by atoms with E-state index in [0.717, 1.165) is 38.9 Å². The van der Waals surface area contributed by atoms with E-state index < -0.39 is 10.0 Å². The minimum absolute atomic E-state index is 0.0829. The molecular formula is C14H28N2O3S. The molecule has 5 nitrogen and oxygen atoms in total. The van der Waals surface area contributed by atoms with Gasteiger partial charge in [0.15, 0.2) is 0 Å². The molecular weight excluding hydrogens is 276 g/mol. The standard InChI is InChI=1S/C14H28N2O3S/c1-4-7-14(13-17)8-5-9-16(12-14)10-6-11-20(18,19)15(2)3/h4,17H,1,5-13H2,2-3H3/t14-/m0/s1. The zero-order valence-electron chi connectivity index (χ0n) is 12.7. The van der Waals surface area contributed by atoms with E-state index in [9.17, 15) is 13.5 Å². The zero-order valence-corrected chi connectivity index (χ0v) is 13.5. The summed E-state index contributed by atoms with van der Waals surface area (Å²) < 4.78 is 24.7. The van der Waals surface area contributed by atoms with Gasteiger partial charge in [-0.1, -0.05) is 6.08 Å². The van der Waals surface area contributed by atoms with Gasteiger partial charge in [-0.15, -0.1) is 6.58 Å². The van der Waals surface area contributed by atoms with Crippen molar-refractivity contribution in [3.8, 4) is 0 Å². The van der Waals surface area contributed by atoms with Gasteiger partial charge in [-0.25, -0.2) is 12.7 Å². The Hall–Kier alpha value is -0.430. The lowest BCUT2D eigenvalue weighted by atomic mass is 9.78.